The fourth-order valence-electron chi connectivity index (χ4n) is 4.65. The van der Waals surface area contributed by atoms with Crippen LogP contribution in [-0.4, -0.2) is 68.1 Å². The van der Waals surface area contributed by atoms with E-state index in [0.717, 1.165) is 35.8 Å². The number of aliphatic hydroxyl groups is 1. The van der Waals surface area contributed by atoms with Gasteiger partial charge in [0.2, 0.25) is 11.9 Å². The summed E-state index contributed by atoms with van der Waals surface area (Å²) >= 11 is 6.42. The molecule has 0 unspecified atom stereocenters. The predicted molar refractivity (Wildman–Crippen MR) is 108 cm³/mol. The highest BCUT2D eigenvalue weighted by atomic mass is 35.5. The molecule has 30 heavy (non-hydrogen) atoms. The van der Waals surface area contributed by atoms with Crippen LogP contribution in [0.3, 0.4) is 0 Å². The number of aliphatic hydroxyl groups excluding tert-OH is 1. The van der Waals surface area contributed by atoms with Crippen molar-refractivity contribution < 1.29 is 19.1 Å². The first-order chi connectivity index (χ1) is 14.4. The first-order valence-electron chi connectivity index (χ1n) is 10.6. The van der Waals surface area contributed by atoms with Crippen molar-refractivity contribution in [3.05, 3.63) is 34.4 Å². The molecular formula is C21H24ClFN4O3. The SMILES string of the molecule is O=C(c1nn2c(F)cc(C3CC3)cc2c1Cl)N1CCN(C2CCC(O)CC2)C(=O)C1. The molecule has 0 aromatic carbocycles. The van der Waals surface area contributed by atoms with Crippen molar-refractivity contribution in [1.29, 1.82) is 0 Å². The summed E-state index contributed by atoms with van der Waals surface area (Å²) in [6, 6.07) is 3.37. The molecular weight excluding hydrogens is 411 g/mol. The van der Waals surface area contributed by atoms with E-state index in [0.29, 0.717) is 37.4 Å². The normalized spacial score (nSPS) is 25.2. The van der Waals surface area contributed by atoms with Gasteiger partial charge in [0.15, 0.2) is 5.69 Å². The summed E-state index contributed by atoms with van der Waals surface area (Å²) in [6.45, 7) is 0.776. The summed E-state index contributed by atoms with van der Waals surface area (Å²) in [6.07, 6.45) is 4.73. The van der Waals surface area contributed by atoms with Crippen molar-refractivity contribution in [1.82, 2.24) is 19.4 Å². The van der Waals surface area contributed by atoms with E-state index in [2.05, 4.69) is 5.10 Å². The molecule has 0 spiro atoms. The van der Waals surface area contributed by atoms with E-state index in [9.17, 15) is 19.1 Å². The first kappa shape index (κ1) is 19.8. The van der Waals surface area contributed by atoms with Gasteiger partial charge in [0.25, 0.3) is 5.91 Å². The van der Waals surface area contributed by atoms with E-state index in [4.69, 9.17) is 11.6 Å². The Hall–Kier alpha value is -2.19. The molecule has 3 heterocycles. The molecule has 1 aliphatic heterocycles. The zero-order valence-electron chi connectivity index (χ0n) is 16.6. The molecule has 9 heteroatoms. The molecule has 2 amide bonds. The van der Waals surface area contributed by atoms with Gasteiger partial charge in [0.1, 0.15) is 6.54 Å². The number of amides is 2. The quantitative estimate of drug-likeness (QED) is 0.753. The second-order valence-electron chi connectivity index (χ2n) is 8.62. The van der Waals surface area contributed by atoms with Gasteiger partial charge in [-0.1, -0.05) is 11.6 Å². The van der Waals surface area contributed by atoms with Gasteiger partial charge in [0, 0.05) is 19.1 Å². The molecule has 0 bridgehead atoms. The number of carbonyl (C=O) groups is 2. The van der Waals surface area contributed by atoms with Gasteiger partial charge in [-0.15, -0.1) is 0 Å². The standard InChI is InChI=1S/C21H24ClFN4O3/c22-19-16-9-13(12-1-2-12)10-17(23)27(16)24-20(19)21(30)25-7-8-26(18(29)11-25)14-3-5-15(28)6-4-14/h9-10,12,14-15,28H,1-8,11H2. The number of fused-ring (bicyclic) bond motifs is 1. The summed E-state index contributed by atoms with van der Waals surface area (Å²) in [5.41, 5.74) is 1.24. The number of nitrogens with zero attached hydrogens (tertiary/aromatic N) is 4. The minimum absolute atomic E-state index is 0.0226. The third-order valence-corrected chi connectivity index (χ3v) is 6.93. The number of rotatable bonds is 3. The molecule has 1 N–H and O–H groups in total. The van der Waals surface area contributed by atoms with Crippen LogP contribution in [0.1, 0.15) is 60.5 Å². The smallest absolute Gasteiger partial charge is 0.276 e. The highest BCUT2D eigenvalue weighted by Crippen LogP contribution is 2.41. The summed E-state index contributed by atoms with van der Waals surface area (Å²) in [5.74, 6) is -0.766. The summed E-state index contributed by atoms with van der Waals surface area (Å²) in [4.78, 5) is 29.0. The van der Waals surface area contributed by atoms with E-state index in [1.807, 2.05) is 4.90 Å². The summed E-state index contributed by atoms with van der Waals surface area (Å²) in [5, 5.41) is 13.9. The van der Waals surface area contributed by atoms with Gasteiger partial charge in [-0.25, -0.2) is 4.52 Å². The average molecular weight is 435 g/mol. The fraction of sp³-hybridized carbons (Fsp3) is 0.571. The van der Waals surface area contributed by atoms with Crippen LogP contribution in [0, 0.1) is 5.95 Å². The third-order valence-electron chi connectivity index (χ3n) is 6.56. The number of carbonyl (C=O) groups excluding carboxylic acids is 2. The van der Waals surface area contributed by atoms with Crippen molar-refractivity contribution in [2.45, 2.75) is 56.6 Å². The number of pyridine rings is 1. The zero-order valence-corrected chi connectivity index (χ0v) is 17.3. The summed E-state index contributed by atoms with van der Waals surface area (Å²) in [7, 11) is 0. The molecule has 5 rings (SSSR count). The summed E-state index contributed by atoms with van der Waals surface area (Å²) < 4.78 is 15.6. The van der Waals surface area contributed by atoms with Gasteiger partial charge in [-0.3, -0.25) is 9.59 Å². The van der Waals surface area contributed by atoms with Crippen molar-refractivity contribution in [3.8, 4) is 0 Å². The van der Waals surface area contributed by atoms with E-state index < -0.39 is 11.9 Å². The van der Waals surface area contributed by atoms with Crippen LogP contribution in [0.2, 0.25) is 5.02 Å². The maximum absolute atomic E-state index is 14.5. The molecule has 3 aliphatic rings. The van der Waals surface area contributed by atoms with Crippen LogP contribution in [0.5, 0.6) is 0 Å². The van der Waals surface area contributed by atoms with Crippen LogP contribution in [-0.2, 0) is 4.79 Å². The topological polar surface area (TPSA) is 78.2 Å². The third kappa shape index (κ3) is 3.46. The Morgan fingerprint density at radius 1 is 1.13 bits per heavy atom. The van der Waals surface area contributed by atoms with E-state index in [1.54, 1.807) is 6.07 Å². The number of halogens is 2. The molecule has 7 nitrogen and oxygen atoms in total. The molecule has 2 aromatic rings. The largest absolute Gasteiger partial charge is 0.393 e. The Labute approximate surface area is 178 Å². The molecule has 2 saturated carbocycles. The fourth-order valence-corrected chi connectivity index (χ4v) is 4.91. The van der Waals surface area contributed by atoms with E-state index >= 15 is 0 Å². The van der Waals surface area contributed by atoms with Crippen LogP contribution in [0.25, 0.3) is 5.52 Å². The Balaban J connectivity index is 1.34. The Morgan fingerprint density at radius 2 is 1.87 bits per heavy atom. The van der Waals surface area contributed by atoms with Gasteiger partial charge >= 0.3 is 0 Å². The molecule has 2 aromatic heterocycles. The van der Waals surface area contributed by atoms with Gasteiger partial charge in [-0.05, 0) is 62.1 Å². The van der Waals surface area contributed by atoms with Crippen molar-refractivity contribution in [2.75, 3.05) is 19.6 Å². The molecule has 0 radical (unpaired) electrons. The van der Waals surface area contributed by atoms with Crippen LogP contribution >= 0.6 is 11.6 Å². The van der Waals surface area contributed by atoms with Crippen LogP contribution < -0.4 is 0 Å². The lowest BCUT2D eigenvalue weighted by Crippen LogP contribution is -2.56. The maximum Gasteiger partial charge on any atom is 0.276 e. The molecule has 2 aliphatic carbocycles. The monoisotopic (exact) mass is 434 g/mol. The van der Waals surface area contributed by atoms with Gasteiger partial charge < -0.3 is 14.9 Å². The lowest BCUT2D eigenvalue weighted by molar-refractivity contribution is -0.138. The maximum atomic E-state index is 14.5. The van der Waals surface area contributed by atoms with Crippen molar-refractivity contribution in [2.24, 2.45) is 0 Å². The highest BCUT2D eigenvalue weighted by Gasteiger charge is 2.35. The Bertz CT molecular complexity index is 1010. The average Bonchev–Trinajstić information content (AvgIpc) is 3.53. The number of aromatic nitrogens is 2. The van der Waals surface area contributed by atoms with Gasteiger partial charge in [0.05, 0.1) is 16.6 Å². The second kappa shape index (κ2) is 7.50. The minimum atomic E-state index is -0.546. The van der Waals surface area contributed by atoms with E-state index in [-0.39, 0.29) is 35.3 Å². The molecule has 160 valence electrons. The van der Waals surface area contributed by atoms with Gasteiger partial charge in [-0.2, -0.15) is 9.49 Å². The Kier molecular flexibility index (Phi) is 4.94. The predicted octanol–water partition coefficient (Wildman–Crippen LogP) is 2.59. The molecule has 0 atom stereocenters. The first-order valence-corrected chi connectivity index (χ1v) is 10.9. The van der Waals surface area contributed by atoms with Crippen molar-refractivity contribution in [3.63, 3.8) is 0 Å². The number of hydrogen-bond acceptors (Lipinski definition) is 4. The molecule has 1 saturated heterocycles. The number of piperazine rings is 1. The van der Waals surface area contributed by atoms with Crippen molar-refractivity contribution >= 4 is 28.9 Å². The second-order valence-corrected chi connectivity index (χ2v) is 9.00. The molecule has 3 fully saturated rings. The van der Waals surface area contributed by atoms with Crippen LogP contribution in [0.4, 0.5) is 4.39 Å². The lowest BCUT2D eigenvalue weighted by Gasteiger charge is -2.41. The number of hydrogen-bond donors (Lipinski definition) is 1. The van der Waals surface area contributed by atoms with Crippen LogP contribution in [0.15, 0.2) is 12.1 Å². The Morgan fingerprint density at radius 3 is 2.53 bits per heavy atom. The minimum Gasteiger partial charge on any atom is -0.393 e. The van der Waals surface area contributed by atoms with E-state index in [1.165, 1.54) is 11.0 Å². The lowest BCUT2D eigenvalue weighted by atomic mass is 9.91. The zero-order chi connectivity index (χ0) is 21.0. The highest BCUT2D eigenvalue weighted by molar-refractivity contribution is 6.36.